The lowest BCUT2D eigenvalue weighted by atomic mass is 10.0. The number of rotatable bonds is 4. The molecule has 1 aromatic carbocycles. The third kappa shape index (κ3) is 2.82. The molecule has 0 bridgehead atoms. The smallest absolute Gasteiger partial charge is 0.0646 e. The van der Waals surface area contributed by atoms with Crippen LogP contribution in [0.1, 0.15) is 45.8 Å². The zero-order valence-electron chi connectivity index (χ0n) is 11.4. The van der Waals surface area contributed by atoms with Gasteiger partial charge in [-0.3, -0.25) is 0 Å². The molecule has 2 rings (SSSR count). The average molecular weight is 259 g/mol. The molecule has 0 radical (unpaired) electrons. The lowest BCUT2D eigenvalue weighted by Gasteiger charge is -2.10. The topological polar surface area (TPSA) is 26.0 Å². The molecule has 1 aromatic heterocycles. The van der Waals surface area contributed by atoms with E-state index in [1.807, 2.05) is 0 Å². The van der Waals surface area contributed by atoms with Gasteiger partial charge < -0.3 is 5.73 Å². The average Bonchev–Trinajstić information content (AvgIpc) is 2.70. The van der Waals surface area contributed by atoms with E-state index in [1.54, 1.807) is 11.3 Å². The summed E-state index contributed by atoms with van der Waals surface area (Å²) in [5.74, 6) is 0. The normalized spacial score (nSPS) is 12.7. The molecule has 18 heavy (non-hydrogen) atoms. The van der Waals surface area contributed by atoms with Gasteiger partial charge >= 0.3 is 0 Å². The molecule has 96 valence electrons. The number of hydrogen-bond acceptors (Lipinski definition) is 2. The van der Waals surface area contributed by atoms with Crippen molar-refractivity contribution in [1.29, 1.82) is 0 Å². The predicted octanol–water partition coefficient (Wildman–Crippen LogP) is 4.37. The molecule has 0 aliphatic heterocycles. The first-order valence-corrected chi connectivity index (χ1v) is 7.34. The van der Waals surface area contributed by atoms with E-state index in [-0.39, 0.29) is 6.04 Å². The first-order chi connectivity index (χ1) is 8.61. The van der Waals surface area contributed by atoms with E-state index < -0.39 is 0 Å². The Labute approximate surface area is 114 Å². The van der Waals surface area contributed by atoms with Crippen molar-refractivity contribution in [2.24, 2.45) is 5.73 Å². The van der Waals surface area contributed by atoms with Crippen LogP contribution in [-0.4, -0.2) is 0 Å². The Morgan fingerprint density at radius 1 is 1.17 bits per heavy atom. The van der Waals surface area contributed by atoms with E-state index in [9.17, 15) is 0 Å². The maximum atomic E-state index is 6.33. The van der Waals surface area contributed by atoms with E-state index in [0.29, 0.717) is 0 Å². The molecule has 0 saturated heterocycles. The van der Waals surface area contributed by atoms with Gasteiger partial charge in [0.15, 0.2) is 0 Å². The van der Waals surface area contributed by atoms with Crippen LogP contribution in [0.5, 0.6) is 0 Å². The number of nitrogens with two attached hydrogens (primary N) is 1. The van der Waals surface area contributed by atoms with Gasteiger partial charge in [-0.25, -0.2) is 0 Å². The highest BCUT2D eigenvalue weighted by Gasteiger charge is 2.12. The molecule has 2 heteroatoms. The van der Waals surface area contributed by atoms with Crippen LogP contribution < -0.4 is 5.73 Å². The first kappa shape index (κ1) is 13.3. The third-order valence-electron chi connectivity index (χ3n) is 3.37. The van der Waals surface area contributed by atoms with E-state index in [0.717, 1.165) is 6.42 Å². The molecule has 0 spiro atoms. The van der Waals surface area contributed by atoms with Gasteiger partial charge in [0.05, 0.1) is 6.04 Å². The molecule has 0 fully saturated rings. The van der Waals surface area contributed by atoms with Crippen LogP contribution in [0.2, 0.25) is 0 Å². The quantitative estimate of drug-likeness (QED) is 0.867. The largest absolute Gasteiger partial charge is 0.320 e. The molecule has 0 amide bonds. The summed E-state index contributed by atoms with van der Waals surface area (Å²) in [6, 6.07) is 11.0. The Hall–Kier alpha value is -1.12. The van der Waals surface area contributed by atoms with Crippen LogP contribution >= 0.6 is 11.3 Å². The Bertz CT molecular complexity index is 491. The van der Waals surface area contributed by atoms with Crippen molar-refractivity contribution in [3.63, 3.8) is 0 Å². The standard InChI is InChI=1S/C16H21NS/c1-4-5-13-6-8-14(9-7-13)16(17)15-10-11(2)12(3)18-15/h6-10,16H,4-5,17H2,1-3H3. The summed E-state index contributed by atoms with van der Waals surface area (Å²) in [5.41, 5.74) is 10.3. The molecule has 2 aromatic rings. The number of hydrogen-bond donors (Lipinski definition) is 1. The van der Waals surface area contributed by atoms with Gasteiger partial charge in [0.25, 0.3) is 0 Å². The maximum Gasteiger partial charge on any atom is 0.0646 e. The lowest BCUT2D eigenvalue weighted by molar-refractivity contribution is 0.882. The summed E-state index contributed by atoms with van der Waals surface area (Å²) < 4.78 is 0. The molecule has 0 saturated carbocycles. The number of benzene rings is 1. The molecule has 2 N–H and O–H groups in total. The van der Waals surface area contributed by atoms with Crippen molar-refractivity contribution < 1.29 is 0 Å². The van der Waals surface area contributed by atoms with Crippen molar-refractivity contribution in [3.8, 4) is 0 Å². The Morgan fingerprint density at radius 2 is 1.83 bits per heavy atom. The van der Waals surface area contributed by atoms with Crippen molar-refractivity contribution in [3.05, 3.63) is 56.8 Å². The first-order valence-electron chi connectivity index (χ1n) is 6.53. The highest BCUT2D eigenvalue weighted by Crippen LogP contribution is 2.29. The fourth-order valence-corrected chi connectivity index (χ4v) is 3.17. The fourth-order valence-electron chi connectivity index (χ4n) is 2.10. The van der Waals surface area contributed by atoms with Crippen LogP contribution in [0, 0.1) is 13.8 Å². The van der Waals surface area contributed by atoms with Gasteiger partial charge in [-0.1, -0.05) is 37.6 Å². The monoisotopic (exact) mass is 259 g/mol. The predicted molar refractivity (Wildman–Crippen MR) is 80.3 cm³/mol. The second-order valence-electron chi connectivity index (χ2n) is 4.86. The summed E-state index contributed by atoms with van der Waals surface area (Å²) in [5, 5.41) is 0. The molecule has 0 aliphatic carbocycles. The zero-order valence-corrected chi connectivity index (χ0v) is 12.2. The summed E-state index contributed by atoms with van der Waals surface area (Å²) in [6.07, 6.45) is 2.33. The minimum Gasteiger partial charge on any atom is -0.320 e. The van der Waals surface area contributed by atoms with Gasteiger partial charge in [0, 0.05) is 9.75 Å². The van der Waals surface area contributed by atoms with Gasteiger partial charge in [0.2, 0.25) is 0 Å². The Balaban J connectivity index is 2.20. The molecule has 1 unspecified atom stereocenters. The van der Waals surface area contributed by atoms with Crippen LogP contribution in [-0.2, 0) is 6.42 Å². The highest BCUT2D eigenvalue weighted by molar-refractivity contribution is 7.12. The summed E-state index contributed by atoms with van der Waals surface area (Å²) in [7, 11) is 0. The van der Waals surface area contributed by atoms with Crippen LogP contribution in [0.25, 0.3) is 0 Å². The minimum atomic E-state index is 0.0121. The van der Waals surface area contributed by atoms with E-state index in [4.69, 9.17) is 5.73 Å². The number of aryl methyl sites for hydroxylation is 3. The molecule has 1 nitrogen and oxygen atoms in total. The van der Waals surface area contributed by atoms with Gasteiger partial charge in [-0.2, -0.15) is 0 Å². The third-order valence-corrected chi connectivity index (χ3v) is 4.60. The van der Waals surface area contributed by atoms with Crippen LogP contribution in [0.4, 0.5) is 0 Å². The van der Waals surface area contributed by atoms with E-state index in [2.05, 4.69) is 51.1 Å². The number of thiophene rings is 1. The van der Waals surface area contributed by atoms with Crippen LogP contribution in [0.15, 0.2) is 30.3 Å². The summed E-state index contributed by atoms with van der Waals surface area (Å²) >= 11 is 1.81. The van der Waals surface area contributed by atoms with E-state index in [1.165, 1.54) is 32.9 Å². The van der Waals surface area contributed by atoms with Crippen LogP contribution in [0.3, 0.4) is 0 Å². The van der Waals surface area contributed by atoms with Gasteiger partial charge in [0.1, 0.15) is 0 Å². The van der Waals surface area contributed by atoms with Crippen molar-refractivity contribution >= 4 is 11.3 Å². The second-order valence-corrected chi connectivity index (χ2v) is 6.15. The van der Waals surface area contributed by atoms with E-state index >= 15 is 0 Å². The minimum absolute atomic E-state index is 0.0121. The lowest BCUT2D eigenvalue weighted by Crippen LogP contribution is -2.10. The Kier molecular flexibility index (Phi) is 4.20. The van der Waals surface area contributed by atoms with Gasteiger partial charge in [-0.15, -0.1) is 11.3 Å². The SMILES string of the molecule is CCCc1ccc(C(N)c2cc(C)c(C)s2)cc1. The summed E-state index contributed by atoms with van der Waals surface area (Å²) in [4.78, 5) is 2.62. The molecular formula is C16H21NS. The summed E-state index contributed by atoms with van der Waals surface area (Å²) in [6.45, 7) is 6.50. The van der Waals surface area contributed by atoms with Gasteiger partial charge in [-0.05, 0) is 43.0 Å². The van der Waals surface area contributed by atoms with Crippen molar-refractivity contribution in [2.75, 3.05) is 0 Å². The maximum absolute atomic E-state index is 6.33. The molecule has 1 heterocycles. The Morgan fingerprint density at radius 3 is 2.33 bits per heavy atom. The second kappa shape index (κ2) is 5.68. The highest BCUT2D eigenvalue weighted by atomic mass is 32.1. The molecule has 1 atom stereocenters. The van der Waals surface area contributed by atoms with Crippen molar-refractivity contribution in [1.82, 2.24) is 0 Å². The molecule has 0 aliphatic rings. The zero-order chi connectivity index (χ0) is 13.1. The van der Waals surface area contributed by atoms with Crippen molar-refractivity contribution in [2.45, 2.75) is 39.7 Å². The fraction of sp³-hybridized carbons (Fsp3) is 0.375. The molecular weight excluding hydrogens is 238 g/mol.